The number of hydrogen-bond donors (Lipinski definition) is 2. The second-order valence-corrected chi connectivity index (χ2v) is 6.55. The highest BCUT2D eigenvalue weighted by molar-refractivity contribution is 6.31. The fourth-order valence-corrected chi connectivity index (χ4v) is 3.63. The van der Waals surface area contributed by atoms with Gasteiger partial charge in [0.15, 0.2) is 0 Å². The number of piperidine rings is 1. The van der Waals surface area contributed by atoms with Gasteiger partial charge in [0.2, 0.25) is 5.91 Å². The molecule has 0 bridgehead atoms. The van der Waals surface area contributed by atoms with Crippen LogP contribution in [0.5, 0.6) is 0 Å². The van der Waals surface area contributed by atoms with Gasteiger partial charge in [-0.1, -0.05) is 17.7 Å². The van der Waals surface area contributed by atoms with E-state index in [2.05, 4.69) is 10.6 Å². The molecule has 1 aliphatic heterocycles. The molecule has 0 aromatic heterocycles. The van der Waals surface area contributed by atoms with Gasteiger partial charge in [-0.15, -0.1) is 12.4 Å². The van der Waals surface area contributed by atoms with E-state index in [1.54, 1.807) is 6.07 Å². The van der Waals surface area contributed by atoms with Gasteiger partial charge in [-0.2, -0.15) is 0 Å². The Labute approximate surface area is 141 Å². The molecule has 2 N–H and O–H groups in total. The fourth-order valence-electron chi connectivity index (χ4n) is 3.36. The molecule has 1 aromatic carbocycles. The number of hydrogen-bond acceptors (Lipinski definition) is 2. The van der Waals surface area contributed by atoms with E-state index in [0.29, 0.717) is 18.0 Å². The van der Waals surface area contributed by atoms with Gasteiger partial charge in [-0.3, -0.25) is 4.79 Å². The van der Waals surface area contributed by atoms with E-state index < -0.39 is 0 Å². The van der Waals surface area contributed by atoms with E-state index in [-0.39, 0.29) is 35.5 Å². The summed E-state index contributed by atoms with van der Waals surface area (Å²) in [5.41, 5.74) is 1.13. The van der Waals surface area contributed by atoms with Crippen LogP contribution in [0.2, 0.25) is 5.02 Å². The average molecular weight is 347 g/mol. The molecule has 1 saturated heterocycles. The zero-order chi connectivity index (χ0) is 14.9. The minimum Gasteiger partial charge on any atom is -0.356 e. The van der Waals surface area contributed by atoms with Crippen molar-refractivity contribution in [3.8, 4) is 0 Å². The van der Waals surface area contributed by atoms with Crippen molar-refractivity contribution in [3.63, 3.8) is 0 Å². The van der Waals surface area contributed by atoms with Gasteiger partial charge in [0.05, 0.1) is 0 Å². The Morgan fingerprint density at radius 2 is 2.14 bits per heavy atom. The second-order valence-electron chi connectivity index (χ2n) is 6.15. The van der Waals surface area contributed by atoms with Crippen LogP contribution in [0.25, 0.3) is 0 Å². The summed E-state index contributed by atoms with van der Waals surface area (Å²) in [6.45, 7) is 2.60. The topological polar surface area (TPSA) is 41.1 Å². The van der Waals surface area contributed by atoms with E-state index in [9.17, 15) is 9.18 Å². The summed E-state index contributed by atoms with van der Waals surface area (Å²) in [6, 6.07) is 4.38. The van der Waals surface area contributed by atoms with Gasteiger partial charge in [-0.05, 0) is 61.9 Å². The molecule has 0 radical (unpaired) electrons. The third kappa shape index (κ3) is 3.73. The minimum absolute atomic E-state index is 0. The molecule has 2 aliphatic rings. The standard InChI is InChI=1S/C16H20ClFN2O.ClH/c17-14-9-12(18)2-1-11(14)3-6-20-15(21)13-10-16(13)4-7-19-8-5-16;/h1-2,9,13,19H,3-8,10H2,(H,20,21);1H. The van der Waals surface area contributed by atoms with Gasteiger partial charge in [0, 0.05) is 17.5 Å². The highest BCUT2D eigenvalue weighted by atomic mass is 35.5. The van der Waals surface area contributed by atoms with Crippen LogP contribution in [0.3, 0.4) is 0 Å². The normalized spacial score (nSPS) is 22.0. The number of halogens is 3. The molecule has 1 aromatic rings. The van der Waals surface area contributed by atoms with Crippen molar-refractivity contribution in [1.82, 2.24) is 10.6 Å². The number of carbonyl (C=O) groups excluding carboxylic acids is 1. The van der Waals surface area contributed by atoms with Crippen molar-refractivity contribution in [2.45, 2.75) is 25.7 Å². The molecule has 1 saturated carbocycles. The molecule has 1 atom stereocenters. The average Bonchev–Trinajstić information content (AvgIpc) is 3.15. The smallest absolute Gasteiger partial charge is 0.223 e. The Morgan fingerprint density at radius 3 is 2.82 bits per heavy atom. The Bertz CT molecular complexity index is 547. The van der Waals surface area contributed by atoms with Crippen LogP contribution < -0.4 is 10.6 Å². The highest BCUT2D eigenvalue weighted by Gasteiger charge is 2.57. The van der Waals surface area contributed by atoms with Crippen molar-refractivity contribution in [1.29, 1.82) is 0 Å². The predicted octanol–water partition coefficient (Wildman–Crippen LogP) is 2.95. The lowest BCUT2D eigenvalue weighted by molar-refractivity contribution is -0.123. The highest BCUT2D eigenvalue weighted by Crippen LogP contribution is 2.58. The van der Waals surface area contributed by atoms with E-state index in [0.717, 1.165) is 37.9 Å². The van der Waals surface area contributed by atoms with Crippen LogP contribution in [0.4, 0.5) is 4.39 Å². The Balaban J connectivity index is 0.00000176. The van der Waals surface area contributed by atoms with Crippen LogP contribution in [-0.2, 0) is 11.2 Å². The molecule has 22 heavy (non-hydrogen) atoms. The first-order chi connectivity index (χ1) is 10.1. The van der Waals surface area contributed by atoms with Gasteiger partial charge >= 0.3 is 0 Å². The zero-order valence-electron chi connectivity index (χ0n) is 12.3. The first kappa shape index (κ1) is 17.5. The van der Waals surface area contributed by atoms with Gasteiger partial charge in [-0.25, -0.2) is 4.39 Å². The van der Waals surface area contributed by atoms with Crippen molar-refractivity contribution in [2.75, 3.05) is 19.6 Å². The molecule has 1 amide bonds. The van der Waals surface area contributed by atoms with Gasteiger partial charge in [0.1, 0.15) is 5.82 Å². The van der Waals surface area contributed by atoms with Crippen molar-refractivity contribution in [2.24, 2.45) is 11.3 Å². The summed E-state index contributed by atoms with van der Waals surface area (Å²) in [6.07, 6.45) is 3.87. The quantitative estimate of drug-likeness (QED) is 0.879. The molecule has 1 heterocycles. The van der Waals surface area contributed by atoms with E-state index in [1.165, 1.54) is 12.1 Å². The Hall–Kier alpha value is -0.840. The van der Waals surface area contributed by atoms with Crippen molar-refractivity contribution >= 4 is 29.9 Å². The summed E-state index contributed by atoms with van der Waals surface area (Å²) >= 11 is 5.98. The molecule has 122 valence electrons. The lowest BCUT2D eigenvalue weighted by atomic mass is 9.92. The maximum atomic E-state index is 13.0. The number of amides is 1. The number of carbonyl (C=O) groups is 1. The number of nitrogens with one attached hydrogen (secondary N) is 2. The number of rotatable bonds is 4. The number of benzene rings is 1. The Morgan fingerprint density at radius 1 is 1.41 bits per heavy atom. The first-order valence-corrected chi connectivity index (χ1v) is 7.91. The first-order valence-electron chi connectivity index (χ1n) is 7.53. The third-order valence-electron chi connectivity index (χ3n) is 4.81. The van der Waals surface area contributed by atoms with Gasteiger partial charge in [0.25, 0.3) is 0 Å². The largest absolute Gasteiger partial charge is 0.356 e. The van der Waals surface area contributed by atoms with Crippen LogP contribution in [0.1, 0.15) is 24.8 Å². The summed E-state index contributed by atoms with van der Waals surface area (Å²) in [7, 11) is 0. The van der Waals surface area contributed by atoms with E-state index in [4.69, 9.17) is 11.6 Å². The predicted molar refractivity (Wildman–Crippen MR) is 88.0 cm³/mol. The second kappa shape index (κ2) is 7.16. The van der Waals surface area contributed by atoms with E-state index in [1.807, 2.05) is 0 Å². The molecular weight excluding hydrogens is 326 g/mol. The van der Waals surface area contributed by atoms with Crippen LogP contribution >= 0.6 is 24.0 Å². The van der Waals surface area contributed by atoms with Crippen molar-refractivity contribution < 1.29 is 9.18 Å². The van der Waals surface area contributed by atoms with Gasteiger partial charge < -0.3 is 10.6 Å². The summed E-state index contributed by atoms with van der Waals surface area (Å²) in [4.78, 5) is 12.2. The molecule has 1 spiro atoms. The molecule has 1 aliphatic carbocycles. The van der Waals surface area contributed by atoms with Crippen LogP contribution in [0, 0.1) is 17.2 Å². The van der Waals surface area contributed by atoms with Crippen molar-refractivity contribution in [3.05, 3.63) is 34.6 Å². The SMILES string of the molecule is Cl.O=C(NCCc1ccc(F)cc1Cl)C1CC12CCNCC2. The monoisotopic (exact) mass is 346 g/mol. The van der Waals surface area contributed by atoms with Crippen LogP contribution in [-0.4, -0.2) is 25.5 Å². The molecule has 2 fully saturated rings. The van der Waals surface area contributed by atoms with Crippen LogP contribution in [0.15, 0.2) is 18.2 Å². The molecule has 3 nitrogen and oxygen atoms in total. The Kier molecular flexibility index (Phi) is 5.70. The summed E-state index contributed by atoms with van der Waals surface area (Å²) in [5.74, 6) is 0.0111. The lowest BCUT2D eigenvalue weighted by Gasteiger charge is -2.23. The maximum absolute atomic E-state index is 13.0. The zero-order valence-corrected chi connectivity index (χ0v) is 13.9. The van der Waals surface area contributed by atoms with E-state index >= 15 is 0 Å². The third-order valence-corrected chi connectivity index (χ3v) is 5.17. The molecule has 3 rings (SSSR count). The molecule has 6 heteroatoms. The molecular formula is C16H21Cl2FN2O. The fraction of sp³-hybridized carbons (Fsp3) is 0.562. The summed E-state index contributed by atoms with van der Waals surface area (Å²) < 4.78 is 13.0. The minimum atomic E-state index is -0.335. The maximum Gasteiger partial charge on any atom is 0.223 e. The summed E-state index contributed by atoms with van der Waals surface area (Å²) in [5, 5.41) is 6.75. The molecule has 1 unspecified atom stereocenters. The lowest BCUT2D eigenvalue weighted by Crippen LogP contribution is -2.34.